The number of carbonyl (C=O) groups excluding carboxylic acids is 1. The maximum absolute atomic E-state index is 11.9. The zero-order valence-corrected chi connectivity index (χ0v) is 10.3. The van der Waals surface area contributed by atoms with E-state index in [4.69, 9.17) is 17.3 Å². The molecule has 0 aliphatic rings. The number of pyridine rings is 1. The molecule has 0 aromatic carbocycles. The summed E-state index contributed by atoms with van der Waals surface area (Å²) in [4.78, 5) is 23.6. The molecule has 0 saturated heterocycles. The lowest BCUT2D eigenvalue weighted by Crippen LogP contribution is -2.18. The summed E-state index contributed by atoms with van der Waals surface area (Å²) in [5.41, 5.74) is 6.38. The zero-order chi connectivity index (χ0) is 13.1. The lowest BCUT2D eigenvalue weighted by Gasteiger charge is -2.07. The minimum atomic E-state index is -0.496. The number of aryl methyl sites for hydroxylation is 1. The highest BCUT2D eigenvalue weighted by Crippen LogP contribution is 2.14. The number of amides is 1. The molecule has 7 heteroatoms. The van der Waals surface area contributed by atoms with Gasteiger partial charge in [-0.15, -0.1) is 0 Å². The molecule has 2 rings (SSSR count). The van der Waals surface area contributed by atoms with Crippen LogP contribution in [0.3, 0.4) is 0 Å². The second-order valence-electron chi connectivity index (χ2n) is 3.55. The first-order valence-corrected chi connectivity index (χ1v) is 5.46. The summed E-state index contributed by atoms with van der Waals surface area (Å²) in [6.45, 7) is 1.83. The molecule has 2 aromatic heterocycles. The van der Waals surface area contributed by atoms with Gasteiger partial charge in [-0.1, -0.05) is 17.7 Å². The van der Waals surface area contributed by atoms with Gasteiger partial charge in [0.1, 0.15) is 11.0 Å². The minimum Gasteiger partial charge on any atom is -0.382 e. The van der Waals surface area contributed by atoms with Gasteiger partial charge in [0.2, 0.25) is 0 Å². The van der Waals surface area contributed by atoms with Crippen LogP contribution in [0, 0.1) is 6.92 Å². The van der Waals surface area contributed by atoms with E-state index in [0.29, 0.717) is 5.82 Å². The van der Waals surface area contributed by atoms with Crippen molar-refractivity contribution >= 4 is 29.1 Å². The van der Waals surface area contributed by atoms with Crippen molar-refractivity contribution in [3.63, 3.8) is 0 Å². The summed E-state index contributed by atoms with van der Waals surface area (Å²) in [5.74, 6) is -0.0292. The van der Waals surface area contributed by atoms with Gasteiger partial charge in [0.15, 0.2) is 11.5 Å². The number of aromatic nitrogens is 3. The van der Waals surface area contributed by atoms with Gasteiger partial charge < -0.3 is 11.1 Å². The molecule has 2 aromatic rings. The second kappa shape index (κ2) is 4.97. The molecule has 2 heterocycles. The molecular weight excluding hydrogens is 254 g/mol. The minimum absolute atomic E-state index is 0.0190. The molecule has 0 aliphatic heterocycles. The van der Waals surface area contributed by atoms with Crippen molar-refractivity contribution < 1.29 is 4.79 Å². The van der Waals surface area contributed by atoms with E-state index in [9.17, 15) is 4.79 Å². The fraction of sp³-hybridized carbons (Fsp3) is 0.0909. The monoisotopic (exact) mass is 263 g/mol. The Morgan fingerprint density at radius 2 is 2.22 bits per heavy atom. The maximum atomic E-state index is 11.9. The highest BCUT2D eigenvalue weighted by molar-refractivity contribution is 6.29. The van der Waals surface area contributed by atoms with Gasteiger partial charge >= 0.3 is 0 Å². The molecule has 92 valence electrons. The van der Waals surface area contributed by atoms with E-state index >= 15 is 0 Å². The summed E-state index contributed by atoms with van der Waals surface area (Å²) in [7, 11) is 0. The Balaban J connectivity index is 2.28. The number of carbonyl (C=O) groups is 1. The Morgan fingerprint density at radius 3 is 2.94 bits per heavy atom. The number of hydrogen-bond donors (Lipinski definition) is 2. The van der Waals surface area contributed by atoms with E-state index < -0.39 is 5.91 Å². The molecule has 0 bridgehead atoms. The van der Waals surface area contributed by atoms with Gasteiger partial charge in [-0.2, -0.15) is 0 Å². The average Bonchev–Trinajstić information content (AvgIpc) is 2.35. The van der Waals surface area contributed by atoms with Gasteiger partial charge in [-0.3, -0.25) is 4.79 Å². The van der Waals surface area contributed by atoms with Crippen molar-refractivity contribution in [2.45, 2.75) is 6.92 Å². The van der Waals surface area contributed by atoms with E-state index in [1.807, 2.05) is 13.0 Å². The summed E-state index contributed by atoms with van der Waals surface area (Å²) in [6, 6.07) is 3.61. The normalized spacial score (nSPS) is 10.1. The SMILES string of the molecule is Cc1cccnc1NC(=O)c1nc(Cl)cnc1N. The molecule has 0 fully saturated rings. The third kappa shape index (κ3) is 2.54. The Kier molecular flexibility index (Phi) is 3.38. The van der Waals surface area contributed by atoms with Gasteiger partial charge in [0.25, 0.3) is 5.91 Å². The first kappa shape index (κ1) is 12.3. The van der Waals surface area contributed by atoms with Crippen LogP contribution < -0.4 is 11.1 Å². The molecule has 0 saturated carbocycles. The Morgan fingerprint density at radius 1 is 1.44 bits per heavy atom. The van der Waals surface area contributed by atoms with Crippen molar-refractivity contribution in [3.05, 3.63) is 40.9 Å². The Bertz CT molecular complexity index is 602. The van der Waals surface area contributed by atoms with E-state index in [1.54, 1.807) is 12.3 Å². The fourth-order valence-corrected chi connectivity index (χ4v) is 1.46. The number of anilines is 2. The topological polar surface area (TPSA) is 93.8 Å². The maximum Gasteiger partial charge on any atom is 0.279 e. The summed E-state index contributed by atoms with van der Waals surface area (Å²) < 4.78 is 0. The fourth-order valence-electron chi connectivity index (χ4n) is 1.33. The highest BCUT2D eigenvalue weighted by atomic mass is 35.5. The van der Waals surface area contributed by atoms with Crippen LogP contribution in [0.1, 0.15) is 16.1 Å². The lowest BCUT2D eigenvalue weighted by atomic mass is 10.3. The first-order valence-electron chi connectivity index (χ1n) is 5.09. The Labute approximate surface area is 108 Å². The van der Waals surface area contributed by atoms with Crippen LogP contribution in [0.4, 0.5) is 11.6 Å². The molecule has 0 unspecified atom stereocenters. The van der Waals surface area contributed by atoms with Crippen molar-refractivity contribution in [2.24, 2.45) is 0 Å². The van der Waals surface area contributed by atoms with Crippen LogP contribution in [0.25, 0.3) is 0 Å². The summed E-state index contributed by atoms with van der Waals surface area (Å²) in [5, 5.41) is 2.71. The van der Waals surface area contributed by atoms with Crippen molar-refractivity contribution in [1.82, 2.24) is 15.0 Å². The molecule has 3 N–H and O–H groups in total. The molecule has 0 spiro atoms. The standard InChI is InChI=1S/C11H10ClN5O/c1-6-3-2-4-14-10(6)17-11(18)8-9(13)15-5-7(12)16-8/h2-5H,1H3,(H2,13,15)(H,14,17,18). The van der Waals surface area contributed by atoms with Gasteiger partial charge in [-0.25, -0.2) is 15.0 Å². The number of nitrogens with two attached hydrogens (primary N) is 1. The molecule has 0 aliphatic carbocycles. The second-order valence-corrected chi connectivity index (χ2v) is 3.94. The number of rotatable bonds is 2. The number of nitrogen functional groups attached to an aromatic ring is 1. The van der Waals surface area contributed by atoms with Crippen LogP contribution in [0.15, 0.2) is 24.5 Å². The predicted octanol–water partition coefficient (Wildman–Crippen LogP) is 1.67. The van der Waals surface area contributed by atoms with Crippen LogP contribution in [0.2, 0.25) is 5.15 Å². The molecule has 18 heavy (non-hydrogen) atoms. The highest BCUT2D eigenvalue weighted by Gasteiger charge is 2.14. The molecule has 6 nitrogen and oxygen atoms in total. The molecular formula is C11H10ClN5O. The summed E-state index contributed by atoms with van der Waals surface area (Å²) >= 11 is 5.67. The van der Waals surface area contributed by atoms with E-state index in [2.05, 4.69) is 20.3 Å². The first-order chi connectivity index (χ1) is 8.58. The van der Waals surface area contributed by atoms with Crippen molar-refractivity contribution in [3.8, 4) is 0 Å². The van der Waals surface area contributed by atoms with Crippen molar-refractivity contribution in [2.75, 3.05) is 11.1 Å². The van der Waals surface area contributed by atoms with E-state index in [0.717, 1.165) is 5.56 Å². The number of halogens is 1. The lowest BCUT2D eigenvalue weighted by molar-refractivity contribution is 0.102. The Hall–Kier alpha value is -2.21. The predicted molar refractivity (Wildman–Crippen MR) is 68.4 cm³/mol. The van der Waals surface area contributed by atoms with Crippen LogP contribution >= 0.6 is 11.6 Å². The average molecular weight is 264 g/mol. The van der Waals surface area contributed by atoms with Crippen LogP contribution in [0.5, 0.6) is 0 Å². The van der Waals surface area contributed by atoms with Crippen LogP contribution in [-0.4, -0.2) is 20.9 Å². The largest absolute Gasteiger partial charge is 0.382 e. The number of hydrogen-bond acceptors (Lipinski definition) is 5. The third-order valence-electron chi connectivity index (χ3n) is 2.23. The van der Waals surface area contributed by atoms with Gasteiger partial charge in [-0.05, 0) is 18.6 Å². The smallest absolute Gasteiger partial charge is 0.279 e. The molecule has 0 radical (unpaired) electrons. The van der Waals surface area contributed by atoms with Gasteiger partial charge in [0.05, 0.1) is 6.20 Å². The van der Waals surface area contributed by atoms with E-state index in [-0.39, 0.29) is 16.7 Å². The van der Waals surface area contributed by atoms with Crippen molar-refractivity contribution in [1.29, 1.82) is 0 Å². The van der Waals surface area contributed by atoms with Crippen LogP contribution in [-0.2, 0) is 0 Å². The third-order valence-corrected chi connectivity index (χ3v) is 2.41. The molecule has 1 amide bonds. The number of nitrogens with one attached hydrogen (secondary N) is 1. The molecule has 0 atom stereocenters. The number of nitrogens with zero attached hydrogens (tertiary/aromatic N) is 3. The van der Waals surface area contributed by atoms with Gasteiger partial charge in [0, 0.05) is 6.20 Å². The zero-order valence-electron chi connectivity index (χ0n) is 9.51. The summed E-state index contributed by atoms with van der Waals surface area (Å²) in [6.07, 6.45) is 2.86. The van der Waals surface area contributed by atoms with E-state index in [1.165, 1.54) is 6.20 Å². The quantitative estimate of drug-likeness (QED) is 0.859.